The SMILES string of the molecule is O=[N+]([O-])c1ccc(On2cc3ccccc3c2)c([N+](=O)[O-])c1. The number of fused-ring (bicyclic) bond motifs is 1. The minimum atomic E-state index is -0.717. The molecule has 3 aromatic rings. The molecule has 0 aliphatic heterocycles. The van der Waals surface area contributed by atoms with Crippen LogP contribution in [-0.2, 0) is 0 Å². The van der Waals surface area contributed by atoms with E-state index in [0.717, 1.165) is 22.9 Å². The summed E-state index contributed by atoms with van der Waals surface area (Å²) in [7, 11) is 0. The van der Waals surface area contributed by atoms with Crippen molar-refractivity contribution in [2.45, 2.75) is 0 Å². The topological polar surface area (TPSA) is 100 Å². The zero-order valence-electron chi connectivity index (χ0n) is 11.1. The molecule has 2 aromatic carbocycles. The predicted molar refractivity (Wildman–Crippen MR) is 77.7 cm³/mol. The van der Waals surface area contributed by atoms with Gasteiger partial charge >= 0.3 is 5.69 Å². The van der Waals surface area contributed by atoms with Crippen molar-refractivity contribution in [3.8, 4) is 5.75 Å². The first-order valence-electron chi connectivity index (χ1n) is 6.22. The van der Waals surface area contributed by atoms with Crippen LogP contribution in [0.3, 0.4) is 0 Å². The normalized spacial score (nSPS) is 10.5. The van der Waals surface area contributed by atoms with E-state index in [9.17, 15) is 20.2 Å². The Balaban J connectivity index is 2.00. The molecule has 0 atom stereocenters. The van der Waals surface area contributed by atoms with E-state index < -0.39 is 15.5 Å². The third-order valence-electron chi connectivity index (χ3n) is 3.08. The summed E-state index contributed by atoms with van der Waals surface area (Å²) in [5.41, 5.74) is -0.830. The highest BCUT2D eigenvalue weighted by Crippen LogP contribution is 2.31. The van der Waals surface area contributed by atoms with Crippen LogP contribution in [0, 0.1) is 20.2 Å². The number of rotatable bonds is 4. The second-order valence-electron chi connectivity index (χ2n) is 4.50. The summed E-state index contributed by atoms with van der Waals surface area (Å²) in [4.78, 5) is 25.8. The number of nitro benzene ring substituents is 2. The molecule has 0 bridgehead atoms. The van der Waals surface area contributed by atoms with Gasteiger partial charge in [-0.05, 0) is 6.07 Å². The highest BCUT2D eigenvalue weighted by molar-refractivity contribution is 5.81. The number of non-ortho nitro benzene ring substituents is 1. The average Bonchev–Trinajstić information content (AvgIpc) is 2.89. The number of nitro groups is 2. The molecule has 0 N–H and O–H groups in total. The second kappa shape index (κ2) is 5.17. The van der Waals surface area contributed by atoms with Crippen molar-refractivity contribution in [3.05, 3.63) is 75.1 Å². The zero-order chi connectivity index (χ0) is 15.7. The summed E-state index contributed by atoms with van der Waals surface area (Å²) in [6.45, 7) is 0. The molecule has 8 heteroatoms. The lowest BCUT2D eigenvalue weighted by Crippen LogP contribution is -2.04. The summed E-state index contributed by atoms with van der Waals surface area (Å²) < 4.78 is 1.33. The summed E-state index contributed by atoms with van der Waals surface area (Å²) >= 11 is 0. The van der Waals surface area contributed by atoms with Crippen LogP contribution in [0.4, 0.5) is 11.4 Å². The molecule has 0 saturated carbocycles. The molecule has 110 valence electrons. The first kappa shape index (κ1) is 13.6. The zero-order valence-corrected chi connectivity index (χ0v) is 11.1. The van der Waals surface area contributed by atoms with Crippen molar-refractivity contribution in [2.24, 2.45) is 0 Å². The van der Waals surface area contributed by atoms with Gasteiger partial charge in [-0.1, -0.05) is 24.3 Å². The van der Waals surface area contributed by atoms with Crippen LogP contribution in [-0.4, -0.2) is 14.6 Å². The van der Waals surface area contributed by atoms with Gasteiger partial charge in [-0.15, -0.1) is 0 Å². The van der Waals surface area contributed by atoms with Gasteiger partial charge in [0.15, 0.2) is 0 Å². The standard InChI is InChI=1S/C14H9N3O5/c18-16(19)12-5-6-14(13(7-12)17(20)21)22-15-8-10-3-1-2-4-11(10)9-15/h1-9H. The maximum absolute atomic E-state index is 11.1. The Bertz CT molecular complexity index is 854. The van der Waals surface area contributed by atoms with Crippen LogP contribution < -0.4 is 4.84 Å². The van der Waals surface area contributed by atoms with E-state index in [4.69, 9.17) is 4.84 Å². The molecular weight excluding hydrogens is 290 g/mol. The van der Waals surface area contributed by atoms with E-state index in [1.807, 2.05) is 24.3 Å². The summed E-state index contributed by atoms with van der Waals surface area (Å²) in [5.74, 6) is -0.0732. The second-order valence-corrected chi connectivity index (χ2v) is 4.50. The fourth-order valence-electron chi connectivity index (χ4n) is 2.06. The molecule has 0 amide bonds. The van der Waals surface area contributed by atoms with Gasteiger partial charge < -0.3 is 4.84 Å². The van der Waals surface area contributed by atoms with Gasteiger partial charge in [0.25, 0.3) is 5.69 Å². The van der Waals surface area contributed by atoms with E-state index >= 15 is 0 Å². The Kier molecular flexibility index (Phi) is 3.18. The van der Waals surface area contributed by atoms with Crippen molar-refractivity contribution < 1.29 is 14.7 Å². The maximum Gasteiger partial charge on any atom is 0.321 e. The molecule has 22 heavy (non-hydrogen) atoms. The fraction of sp³-hybridized carbons (Fsp3) is 0. The molecule has 0 fully saturated rings. The van der Waals surface area contributed by atoms with Crippen molar-refractivity contribution >= 4 is 22.1 Å². The van der Waals surface area contributed by atoms with Crippen LogP contribution in [0.2, 0.25) is 0 Å². The number of aromatic nitrogens is 1. The van der Waals surface area contributed by atoms with Crippen LogP contribution >= 0.6 is 0 Å². The van der Waals surface area contributed by atoms with Gasteiger partial charge in [0.2, 0.25) is 5.75 Å². The Labute approximate surface area is 123 Å². The largest absolute Gasteiger partial charge is 0.368 e. The smallest absolute Gasteiger partial charge is 0.321 e. The van der Waals surface area contributed by atoms with Crippen molar-refractivity contribution in [1.29, 1.82) is 0 Å². The van der Waals surface area contributed by atoms with Crippen molar-refractivity contribution in [1.82, 2.24) is 4.73 Å². The van der Waals surface area contributed by atoms with Gasteiger partial charge in [-0.3, -0.25) is 20.2 Å². The average molecular weight is 299 g/mol. The van der Waals surface area contributed by atoms with Gasteiger partial charge in [0.1, 0.15) is 0 Å². The number of nitrogens with zero attached hydrogens (tertiary/aromatic N) is 3. The number of hydrogen-bond acceptors (Lipinski definition) is 5. The Morgan fingerprint density at radius 1 is 0.909 bits per heavy atom. The third kappa shape index (κ3) is 2.44. The highest BCUT2D eigenvalue weighted by atomic mass is 16.7. The minimum absolute atomic E-state index is 0.0732. The van der Waals surface area contributed by atoms with Gasteiger partial charge in [-0.2, -0.15) is 4.73 Å². The first-order chi connectivity index (χ1) is 10.5. The van der Waals surface area contributed by atoms with Crippen LogP contribution in [0.25, 0.3) is 10.8 Å². The third-order valence-corrected chi connectivity index (χ3v) is 3.08. The lowest BCUT2D eigenvalue weighted by Gasteiger charge is -2.05. The molecule has 1 heterocycles. The van der Waals surface area contributed by atoms with Crippen molar-refractivity contribution in [2.75, 3.05) is 0 Å². The van der Waals surface area contributed by atoms with Gasteiger partial charge in [0, 0.05) is 16.8 Å². The van der Waals surface area contributed by atoms with E-state index in [2.05, 4.69) is 0 Å². The van der Waals surface area contributed by atoms with Crippen molar-refractivity contribution in [3.63, 3.8) is 0 Å². The molecular formula is C14H9N3O5. The highest BCUT2D eigenvalue weighted by Gasteiger charge is 2.21. The molecule has 0 aliphatic carbocycles. The lowest BCUT2D eigenvalue weighted by molar-refractivity contribution is -0.394. The quantitative estimate of drug-likeness (QED) is 0.543. The van der Waals surface area contributed by atoms with E-state index in [-0.39, 0.29) is 11.4 Å². The molecule has 0 radical (unpaired) electrons. The molecule has 8 nitrogen and oxygen atoms in total. The summed E-state index contributed by atoms with van der Waals surface area (Å²) in [5, 5.41) is 23.6. The summed E-state index contributed by atoms with van der Waals surface area (Å²) in [6, 6.07) is 10.7. The first-order valence-corrected chi connectivity index (χ1v) is 6.22. The lowest BCUT2D eigenvalue weighted by atomic mass is 10.2. The predicted octanol–water partition coefficient (Wildman–Crippen LogP) is 3.30. The number of hydrogen-bond donors (Lipinski definition) is 0. The molecule has 0 spiro atoms. The fourth-order valence-corrected chi connectivity index (χ4v) is 2.06. The molecule has 0 saturated heterocycles. The van der Waals surface area contributed by atoms with Gasteiger partial charge in [-0.25, -0.2) is 0 Å². The maximum atomic E-state index is 11.1. The minimum Gasteiger partial charge on any atom is -0.368 e. The molecule has 3 rings (SSSR count). The van der Waals surface area contributed by atoms with Crippen LogP contribution in [0.15, 0.2) is 54.9 Å². The van der Waals surface area contributed by atoms with Crippen LogP contribution in [0.5, 0.6) is 5.75 Å². The summed E-state index contributed by atoms with van der Waals surface area (Å²) in [6.07, 6.45) is 3.33. The number of benzene rings is 2. The van der Waals surface area contributed by atoms with Gasteiger partial charge in [0.05, 0.1) is 28.3 Å². The molecule has 0 aliphatic rings. The molecule has 1 aromatic heterocycles. The van der Waals surface area contributed by atoms with Crippen LogP contribution in [0.1, 0.15) is 0 Å². The Morgan fingerprint density at radius 3 is 2.09 bits per heavy atom. The monoisotopic (exact) mass is 299 g/mol. The Hall–Kier alpha value is -3.42. The Morgan fingerprint density at radius 2 is 1.55 bits per heavy atom. The molecule has 0 unspecified atom stereocenters. The van der Waals surface area contributed by atoms with E-state index in [0.29, 0.717) is 0 Å². The van der Waals surface area contributed by atoms with E-state index in [1.165, 1.54) is 10.8 Å². The van der Waals surface area contributed by atoms with E-state index in [1.54, 1.807) is 12.4 Å².